The van der Waals surface area contributed by atoms with E-state index in [4.69, 9.17) is 0 Å². The van der Waals surface area contributed by atoms with Crippen molar-refractivity contribution in [2.45, 2.75) is 186 Å². The first-order valence-corrected chi connectivity index (χ1v) is 17.8. The number of carbonyl (C=O) groups is 1. The van der Waals surface area contributed by atoms with Crippen LogP contribution in [0, 0.1) is 0 Å². The molecule has 1 amide bonds. The molecule has 4 N–H and O–H groups in total. The lowest BCUT2D eigenvalue weighted by Gasteiger charge is -2.21. The molecule has 0 rings (SSSR count). The molecule has 0 fully saturated rings. The minimum absolute atomic E-state index is 0.378. The van der Waals surface area contributed by atoms with E-state index in [1.807, 2.05) is 6.08 Å². The number of hydrogen-bond acceptors (Lipinski definition) is 4. The van der Waals surface area contributed by atoms with E-state index in [9.17, 15) is 20.1 Å². The summed E-state index contributed by atoms with van der Waals surface area (Å²) in [5.41, 5.74) is 0. The normalized spacial score (nSPS) is 14.3. The highest BCUT2D eigenvalue weighted by Crippen LogP contribution is 2.12. The Morgan fingerprint density at radius 3 is 1.48 bits per heavy atom. The van der Waals surface area contributed by atoms with Crippen molar-refractivity contribution in [2.75, 3.05) is 6.61 Å². The van der Waals surface area contributed by atoms with Gasteiger partial charge in [-0.25, -0.2) is 0 Å². The van der Waals surface area contributed by atoms with Gasteiger partial charge in [-0.15, -0.1) is 0 Å². The third-order valence-electron chi connectivity index (χ3n) is 7.95. The zero-order valence-electron chi connectivity index (χ0n) is 27.6. The molecule has 3 atom stereocenters. The van der Waals surface area contributed by atoms with Crippen molar-refractivity contribution in [3.63, 3.8) is 0 Å². The standard InChI is InChI=1S/C37H69NO4/c1-3-5-7-9-11-13-15-17-19-21-23-25-27-29-31-35(40)34(33-39)38-37(42)36(41)32-30-28-26-24-22-20-18-16-14-12-10-8-6-4-2/h14,16,21,23,29,31,34-36,39-41H,3-13,15,17-20,22,24-28,30,32-33H2,1-2H3,(H,38,42)/b16-14-,23-21+,31-29+. The van der Waals surface area contributed by atoms with Crippen LogP contribution in [0.15, 0.2) is 36.5 Å². The maximum absolute atomic E-state index is 12.4. The molecule has 0 aliphatic rings. The van der Waals surface area contributed by atoms with Gasteiger partial charge in [-0.2, -0.15) is 0 Å². The van der Waals surface area contributed by atoms with E-state index in [2.05, 4.69) is 43.5 Å². The Kier molecular flexibility index (Phi) is 31.4. The summed E-state index contributed by atoms with van der Waals surface area (Å²) in [6.45, 7) is 4.12. The lowest BCUT2D eigenvalue weighted by Crippen LogP contribution is -2.48. The molecular weight excluding hydrogens is 522 g/mol. The van der Waals surface area contributed by atoms with Gasteiger partial charge < -0.3 is 20.6 Å². The van der Waals surface area contributed by atoms with Gasteiger partial charge in [0, 0.05) is 0 Å². The molecule has 5 heteroatoms. The van der Waals surface area contributed by atoms with Gasteiger partial charge in [-0.1, -0.05) is 147 Å². The van der Waals surface area contributed by atoms with Crippen LogP contribution in [0.1, 0.15) is 168 Å². The minimum atomic E-state index is -1.11. The van der Waals surface area contributed by atoms with E-state index >= 15 is 0 Å². The second kappa shape index (κ2) is 32.5. The summed E-state index contributed by atoms with van der Waals surface area (Å²) in [5.74, 6) is -0.521. The number of aliphatic hydroxyl groups is 3. The van der Waals surface area contributed by atoms with Gasteiger partial charge in [0.25, 0.3) is 0 Å². The lowest BCUT2D eigenvalue weighted by molar-refractivity contribution is -0.131. The van der Waals surface area contributed by atoms with Crippen molar-refractivity contribution in [3.8, 4) is 0 Å². The van der Waals surface area contributed by atoms with Gasteiger partial charge in [-0.3, -0.25) is 4.79 Å². The van der Waals surface area contributed by atoms with E-state index in [0.717, 1.165) is 44.9 Å². The molecule has 3 unspecified atom stereocenters. The van der Waals surface area contributed by atoms with Gasteiger partial charge in [0.1, 0.15) is 6.10 Å². The van der Waals surface area contributed by atoms with Crippen LogP contribution in [-0.2, 0) is 4.79 Å². The molecule has 0 aromatic carbocycles. The summed E-state index contributed by atoms with van der Waals surface area (Å²) in [6.07, 6.45) is 38.7. The van der Waals surface area contributed by atoms with Crippen molar-refractivity contribution >= 4 is 5.91 Å². The Morgan fingerprint density at radius 1 is 0.571 bits per heavy atom. The summed E-state index contributed by atoms with van der Waals surface area (Å²) in [4.78, 5) is 12.4. The monoisotopic (exact) mass is 592 g/mol. The van der Waals surface area contributed by atoms with Gasteiger partial charge in [0.15, 0.2) is 0 Å². The van der Waals surface area contributed by atoms with Gasteiger partial charge in [0.05, 0.1) is 18.8 Å². The van der Waals surface area contributed by atoms with Crippen LogP contribution < -0.4 is 5.32 Å². The molecule has 0 saturated heterocycles. The third kappa shape index (κ3) is 27.4. The highest BCUT2D eigenvalue weighted by atomic mass is 16.3. The van der Waals surface area contributed by atoms with Crippen LogP contribution in [0.2, 0.25) is 0 Å². The molecular formula is C37H69NO4. The average Bonchev–Trinajstić information content (AvgIpc) is 2.99. The van der Waals surface area contributed by atoms with Crippen LogP contribution in [0.25, 0.3) is 0 Å². The van der Waals surface area contributed by atoms with Crippen molar-refractivity contribution in [1.82, 2.24) is 5.32 Å². The van der Waals surface area contributed by atoms with Crippen LogP contribution in [0.4, 0.5) is 0 Å². The Bertz CT molecular complexity index is 660. The molecule has 0 radical (unpaired) electrons. The Balaban J connectivity index is 3.84. The maximum Gasteiger partial charge on any atom is 0.249 e. The van der Waals surface area contributed by atoms with Gasteiger partial charge in [0.2, 0.25) is 5.91 Å². The van der Waals surface area contributed by atoms with Crippen molar-refractivity contribution < 1.29 is 20.1 Å². The predicted octanol–water partition coefficient (Wildman–Crippen LogP) is 9.26. The topological polar surface area (TPSA) is 89.8 Å². The van der Waals surface area contributed by atoms with E-state index in [-0.39, 0.29) is 6.61 Å². The maximum atomic E-state index is 12.4. The first-order chi connectivity index (χ1) is 20.6. The Hall–Kier alpha value is -1.43. The van der Waals surface area contributed by atoms with E-state index in [1.165, 1.54) is 103 Å². The van der Waals surface area contributed by atoms with Gasteiger partial charge in [-0.05, 0) is 57.8 Å². The number of carbonyl (C=O) groups excluding carboxylic acids is 1. The third-order valence-corrected chi connectivity index (χ3v) is 7.95. The number of rotatable bonds is 31. The van der Waals surface area contributed by atoms with Crippen molar-refractivity contribution in [2.24, 2.45) is 0 Å². The van der Waals surface area contributed by atoms with E-state index in [1.54, 1.807) is 6.08 Å². The minimum Gasteiger partial charge on any atom is -0.394 e. The number of unbranched alkanes of at least 4 members (excludes halogenated alkanes) is 19. The fourth-order valence-electron chi connectivity index (χ4n) is 5.07. The van der Waals surface area contributed by atoms with Crippen LogP contribution >= 0.6 is 0 Å². The average molecular weight is 592 g/mol. The predicted molar refractivity (Wildman–Crippen MR) is 181 cm³/mol. The molecule has 0 bridgehead atoms. The van der Waals surface area contributed by atoms with Gasteiger partial charge >= 0.3 is 0 Å². The smallest absolute Gasteiger partial charge is 0.249 e. The fraction of sp³-hybridized carbons (Fsp3) is 0.811. The molecule has 0 saturated carbocycles. The molecule has 5 nitrogen and oxygen atoms in total. The molecule has 0 aliphatic carbocycles. The molecule has 0 aliphatic heterocycles. The largest absolute Gasteiger partial charge is 0.394 e. The zero-order valence-corrected chi connectivity index (χ0v) is 27.6. The molecule has 0 heterocycles. The number of amides is 1. The SMILES string of the molecule is CCCCCC/C=C\CCCCCCCCC(O)C(=O)NC(CO)C(O)/C=C/CC/C=C/CCCCCCCCCC. The van der Waals surface area contributed by atoms with Crippen molar-refractivity contribution in [3.05, 3.63) is 36.5 Å². The number of aliphatic hydroxyl groups excluding tert-OH is 3. The molecule has 0 aromatic heterocycles. The number of nitrogens with one attached hydrogen (secondary N) is 1. The lowest BCUT2D eigenvalue weighted by atomic mass is 10.0. The molecule has 0 aromatic rings. The van der Waals surface area contributed by atoms with Crippen molar-refractivity contribution in [1.29, 1.82) is 0 Å². The first kappa shape index (κ1) is 40.6. The quantitative estimate of drug-likeness (QED) is 0.0478. The molecule has 246 valence electrons. The number of allylic oxidation sites excluding steroid dienone is 5. The van der Waals surface area contributed by atoms with E-state index < -0.39 is 24.2 Å². The van der Waals surface area contributed by atoms with Crippen LogP contribution in [0.5, 0.6) is 0 Å². The summed E-state index contributed by atoms with van der Waals surface area (Å²) in [5, 5.41) is 32.9. The summed E-state index contributed by atoms with van der Waals surface area (Å²) in [7, 11) is 0. The summed E-state index contributed by atoms with van der Waals surface area (Å²) in [6, 6.07) is -0.814. The highest BCUT2D eigenvalue weighted by Gasteiger charge is 2.22. The Labute approximate surface area is 260 Å². The van der Waals surface area contributed by atoms with Crippen LogP contribution in [0.3, 0.4) is 0 Å². The molecule has 0 spiro atoms. The summed E-state index contributed by atoms with van der Waals surface area (Å²) < 4.78 is 0. The zero-order chi connectivity index (χ0) is 30.9. The molecule has 42 heavy (non-hydrogen) atoms. The fourth-order valence-corrected chi connectivity index (χ4v) is 5.07. The second-order valence-corrected chi connectivity index (χ2v) is 12.1. The Morgan fingerprint density at radius 2 is 0.976 bits per heavy atom. The summed E-state index contributed by atoms with van der Waals surface area (Å²) >= 11 is 0. The second-order valence-electron chi connectivity index (χ2n) is 12.1. The first-order valence-electron chi connectivity index (χ1n) is 17.8. The van der Waals surface area contributed by atoms with E-state index in [0.29, 0.717) is 6.42 Å². The van der Waals surface area contributed by atoms with Crippen LogP contribution in [-0.4, -0.2) is 46.1 Å². The highest BCUT2D eigenvalue weighted by molar-refractivity contribution is 5.80. The number of hydrogen-bond donors (Lipinski definition) is 4.